The second kappa shape index (κ2) is 7.09. The van der Waals surface area contributed by atoms with Gasteiger partial charge in [-0.05, 0) is 43.4 Å². The first-order valence-corrected chi connectivity index (χ1v) is 11.1. The van der Waals surface area contributed by atoms with Crippen molar-refractivity contribution < 1.29 is 17.9 Å². The highest BCUT2D eigenvalue weighted by atomic mass is 32.2. The van der Waals surface area contributed by atoms with E-state index in [1.54, 1.807) is 12.1 Å². The second-order valence-corrected chi connectivity index (χ2v) is 9.21. The summed E-state index contributed by atoms with van der Waals surface area (Å²) in [5.74, 6) is 0.332. The van der Waals surface area contributed by atoms with E-state index in [0.29, 0.717) is 36.2 Å². The van der Waals surface area contributed by atoms with Gasteiger partial charge in [0, 0.05) is 36.5 Å². The minimum absolute atomic E-state index is 0.0133. The van der Waals surface area contributed by atoms with Crippen LogP contribution in [0.5, 0.6) is 0 Å². The predicted octanol–water partition coefficient (Wildman–Crippen LogP) is 3.36. The zero-order valence-electron chi connectivity index (χ0n) is 14.2. The molecule has 0 unspecified atom stereocenters. The Hall–Kier alpha value is -1.77. The van der Waals surface area contributed by atoms with E-state index < -0.39 is 10.0 Å². The van der Waals surface area contributed by atoms with Crippen LogP contribution >= 0.6 is 11.3 Å². The maximum Gasteiger partial charge on any atom is 0.263 e. The first-order valence-electron chi connectivity index (χ1n) is 8.75. The lowest BCUT2D eigenvalue weighted by Crippen LogP contribution is -2.17. The molecule has 2 aromatic rings. The number of ether oxygens (including phenoxy) is 1. The largest absolute Gasteiger partial charge is 0.381 e. The number of rotatable bonds is 4. The topological polar surface area (TPSA) is 85.4 Å². The van der Waals surface area contributed by atoms with Crippen molar-refractivity contribution in [1.29, 1.82) is 0 Å². The molecular formula is C18H20N2O4S2. The maximum absolute atomic E-state index is 12.7. The Labute approximate surface area is 156 Å². The fourth-order valence-electron chi connectivity index (χ4n) is 3.46. The van der Waals surface area contributed by atoms with Gasteiger partial charge in [-0.3, -0.25) is 9.52 Å². The molecule has 1 saturated heterocycles. The van der Waals surface area contributed by atoms with Crippen molar-refractivity contribution in [3.8, 4) is 0 Å². The van der Waals surface area contributed by atoms with E-state index >= 15 is 0 Å². The summed E-state index contributed by atoms with van der Waals surface area (Å²) in [4.78, 5) is 16.6. The Bertz CT molecular complexity index is 930. The molecule has 6 nitrogen and oxygen atoms in total. The fourth-order valence-corrected chi connectivity index (χ4v) is 5.53. The summed E-state index contributed by atoms with van der Waals surface area (Å²) in [6, 6.07) is 4.80. The quantitative estimate of drug-likeness (QED) is 0.862. The second-order valence-electron chi connectivity index (χ2n) is 6.67. The van der Waals surface area contributed by atoms with Gasteiger partial charge in [-0.15, -0.1) is 11.3 Å². The van der Waals surface area contributed by atoms with Crippen molar-refractivity contribution in [2.24, 2.45) is 0 Å². The molecule has 1 aromatic heterocycles. The van der Waals surface area contributed by atoms with Crippen LogP contribution in [0, 0.1) is 0 Å². The number of thiazole rings is 1. The molecule has 0 spiro atoms. The summed E-state index contributed by atoms with van der Waals surface area (Å²) >= 11 is 1.28. The van der Waals surface area contributed by atoms with Gasteiger partial charge in [0.1, 0.15) is 0 Å². The molecular weight excluding hydrogens is 372 g/mol. The highest BCUT2D eigenvalue weighted by Crippen LogP contribution is 2.31. The van der Waals surface area contributed by atoms with Crippen LogP contribution in [0.1, 0.15) is 53.2 Å². The summed E-state index contributed by atoms with van der Waals surface area (Å²) in [7, 11) is -3.77. The van der Waals surface area contributed by atoms with Gasteiger partial charge in [-0.25, -0.2) is 13.4 Å². The van der Waals surface area contributed by atoms with E-state index in [0.717, 1.165) is 36.9 Å². The molecule has 2 heterocycles. The van der Waals surface area contributed by atoms with Crippen LogP contribution in [0.15, 0.2) is 28.5 Å². The normalized spacial score (nSPS) is 18.5. The van der Waals surface area contributed by atoms with Crippen molar-refractivity contribution in [1.82, 2.24) is 4.98 Å². The van der Waals surface area contributed by atoms with E-state index in [-0.39, 0.29) is 10.7 Å². The monoisotopic (exact) mass is 392 g/mol. The lowest BCUT2D eigenvalue weighted by molar-refractivity contribution is 0.0846. The summed E-state index contributed by atoms with van der Waals surface area (Å²) < 4.78 is 33.3. The summed E-state index contributed by atoms with van der Waals surface area (Å²) in [5.41, 5.74) is 2.37. The van der Waals surface area contributed by atoms with Crippen LogP contribution in [0.4, 0.5) is 5.13 Å². The zero-order valence-corrected chi connectivity index (χ0v) is 15.9. The first kappa shape index (κ1) is 17.6. The highest BCUT2D eigenvalue weighted by molar-refractivity contribution is 7.93. The molecule has 8 heteroatoms. The number of benzene rings is 1. The first-order chi connectivity index (χ1) is 12.5. The van der Waals surface area contributed by atoms with Gasteiger partial charge in [-0.2, -0.15) is 0 Å². The number of sulfonamides is 1. The molecule has 1 fully saturated rings. The number of ketones is 1. The number of Topliss-reactive ketones (excluding diaryl/α,β-unsaturated/α-hetero) is 1. The van der Waals surface area contributed by atoms with Crippen molar-refractivity contribution in [3.05, 3.63) is 40.4 Å². The predicted molar refractivity (Wildman–Crippen MR) is 99.4 cm³/mol. The number of nitrogens with zero attached hydrogens (tertiary/aromatic N) is 1. The SMILES string of the molecule is O=C1CCCc2ccc(S(=O)(=O)Nc3nc(C4CCOCC4)cs3)cc21. The van der Waals surface area contributed by atoms with Gasteiger partial charge in [0.2, 0.25) is 0 Å². The maximum atomic E-state index is 12.7. The smallest absolute Gasteiger partial charge is 0.263 e. The minimum atomic E-state index is -3.77. The number of hydrogen-bond acceptors (Lipinski definition) is 6. The van der Waals surface area contributed by atoms with Gasteiger partial charge in [0.25, 0.3) is 10.0 Å². The zero-order chi connectivity index (χ0) is 18.1. The van der Waals surface area contributed by atoms with Gasteiger partial charge < -0.3 is 4.74 Å². The molecule has 1 aliphatic heterocycles. The Morgan fingerprint density at radius 3 is 2.81 bits per heavy atom. The summed E-state index contributed by atoms with van der Waals surface area (Å²) in [5, 5.41) is 2.26. The van der Waals surface area contributed by atoms with Crippen LogP contribution in [0.3, 0.4) is 0 Å². The molecule has 1 aromatic carbocycles. The van der Waals surface area contributed by atoms with Crippen molar-refractivity contribution in [2.45, 2.75) is 42.9 Å². The summed E-state index contributed by atoms with van der Waals surface area (Å²) in [6.45, 7) is 1.43. The van der Waals surface area contributed by atoms with E-state index in [1.165, 1.54) is 17.4 Å². The number of nitrogens with one attached hydrogen (secondary N) is 1. The molecule has 4 rings (SSSR count). The number of carbonyl (C=O) groups excluding carboxylic acids is 1. The van der Waals surface area contributed by atoms with Crippen molar-refractivity contribution >= 4 is 32.3 Å². The van der Waals surface area contributed by atoms with Crippen LogP contribution in [-0.2, 0) is 21.2 Å². The van der Waals surface area contributed by atoms with Gasteiger partial charge >= 0.3 is 0 Å². The highest BCUT2D eigenvalue weighted by Gasteiger charge is 2.24. The molecule has 0 atom stereocenters. The average Bonchev–Trinajstić information content (AvgIpc) is 3.10. The Kier molecular flexibility index (Phi) is 4.81. The number of fused-ring (bicyclic) bond motifs is 1. The summed E-state index contributed by atoms with van der Waals surface area (Å²) in [6.07, 6.45) is 3.93. The molecule has 26 heavy (non-hydrogen) atoms. The van der Waals surface area contributed by atoms with Crippen LogP contribution < -0.4 is 4.72 Å². The molecule has 138 valence electrons. The third-order valence-electron chi connectivity index (χ3n) is 4.93. The standard InChI is InChI=1S/C18H20N2O4S2/c21-17-3-1-2-12-4-5-14(10-15(12)17)26(22,23)20-18-19-16(11-25-18)13-6-8-24-9-7-13/h4-5,10-11,13H,1-3,6-9H2,(H,19,20). The Morgan fingerprint density at radius 1 is 1.19 bits per heavy atom. The molecule has 0 radical (unpaired) electrons. The van der Waals surface area contributed by atoms with Crippen LogP contribution in [0.25, 0.3) is 0 Å². The third kappa shape index (κ3) is 3.54. The number of anilines is 1. The van der Waals surface area contributed by atoms with E-state index in [9.17, 15) is 13.2 Å². The van der Waals surface area contributed by atoms with Crippen molar-refractivity contribution in [3.63, 3.8) is 0 Å². The number of carbonyl (C=O) groups is 1. The molecule has 1 aliphatic carbocycles. The lowest BCUT2D eigenvalue weighted by Gasteiger charge is -2.19. The van der Waals surface area contributed by atoms with Gasteiger partial charge in [0.05, 0.1) is 10.6 Å². The molecule has 2 aliphatic rings. The Balaban J connectivity index is 1.55. The number of aromatic nitrogens is 1. The minimum Gasteiger partial charge on any atom is -0.381 e. The van der Waals surface area contributed by atoms with Crippen molar-refractivity contribution in [2.75, 3.05) is 17.9 Å². The van der Waals surface area contributed by atoms with Gasteiger partial charge in [0.15, 0.2) is 10.9 Å². The molecule has 0 bridgehead atoms. The fraction of sp³-hybridized carbons (Fsp3) is 0.444. The van der Waals surface area contributed by atoms with Crippen LogP contribution in [0.2, 0.25) is 0 Å². The van der Waals surface area contributed by atoms with E-state index in [2.05, 4.69) is 9.71 Å². The van der Waals surface area contributed by atoms with Gasteiger partial charge in [-0.1, -0.05) is 6.07 Å². The third-order valence-corrected chi connectivity index (χ3v) is 7.17. The molecule has 0 amide bonds. The lowest BCUT2D eigenvalue weighted by atomic mass is 9.91. The van der Waals surface area contributed by atoms with E-state index in [4.69, 9.17) is 4.74 Å². The van der Waals surface area contributed by atoms with E-state index in [1.807, 2.05) is 5.38 Å². The Morgan fingerprint density at radius 2 is 2.00 bits per heavy atom. The molecule has 0 saturated carbocycles. The number of aryl methyl sites for hydroxylation is 1. The number of hydrogen-bond donors (Lipinski definition) is 1. The average molecular weight is 393 g/mol. The molecule has 1 N–H and O–H groups in total. The van der Waals surface area contributed by atoms with Crippen LogP contribution in [-0.4, -0.2) is 32.4 Å².